The van der Waals surface area contributed by atoms with Gasteiger partial charge in [-0.2, -0.15) is 5.26 Å². The molecular formula is C16H10ClN3S. The zero-order chi connectivity index (χ0) is 14.7. The van der Waals surface area contributed by atoms with Crippen LogP contribution in [0.4, 0.5) is 0 Å². The third-order valence-electron chi connectivity index (χ3n) is 2.92. The normalized spacial score (nSPS) is 11.3. The number of aromatic nitrogens is 2. The molecule has 1 aromatic carbocycles. The number of nitrogens with zero attached hydrogens (tertiary/aromatic N) is 2. The third-order valence-corrected chi connectivity index (χ3v) is 4.04. The molecule has 3 rings (SSSR count). The van der Waals surface area contributed by atoms with Crippen LogP contribution in [0.25, 0.3) is 22.9 Å². The van der Waals surface area contributed by atoms with Crippen molar-refractivity contribution in [2.45, 2.75) is 0 Å². The Kier molecular flexibility index (Phi) is 3.87. The minimum absolute atomic E-state index is 0.544. The Morgan fingerprint density at radius 1 is 1.29 bits per heavy atom. The number of aromatic amines is 1. The molecule has 0 aliphatic rings. The van der Waals surface area contributed by atoms with Crippen LogP contribution in [-0.4, -0.2) is 9.97 Å². The van der Waals surface area contributed by atoms with E-state index in [0.717, 1.165) is 17.0 Å². The second kappa shape index (κ2) is 5.96. The Morgan fingerprint density at radius 2 is 2.10 bits per heavy atom. The van der Waals surface area contributed by atoms with Crippen LogP contribution in [0.1, 0.15) is 10.7 Å². The first-order valence-electron chi connectivity index (χ1n) is 6.23. The first kappa shape index (κ1) is 13.6. The fraction of sp³-hybridized carbons (Fsp3) is 0. The number of nitriles is 1. The minimum Gasteiger partial charge on any atom is -0.362 e. The number of nitrogens with one attached hydrogen (secondary N) is 1. The monoisotopic (exact) mass is 311 g/mol. The standard InChI is InChI=1S/C16H10ClN3S/c17-13-5-3-11(4-6-13)15-10-21-16(20-15)12(9-18)8-14-2-1-7-19-14/h1-8,10,19H/b12-8+. The molecule has 2 heterocycles. The van der Waals surface area contributed by atoms with E-state index in [4.69, 9.17) is 11.6 Å². The largest absolute Gasteiger partial charge is 0.362 e. The van der Waals surface area contributed by atoms with Crippen LogP contribution in [-0.2, 0) is 0 Å². The van der Waals surface area contributed by atoms with Gasteiger partial charge in [-0.15, -0.1) is 11.3 Å². The van der Waals surface area contributed by atoms with Gasteiger partial charge in [-0.1, -0.05) is 23.7 Å². The molecule has 0 aliphatic heterocycles. The van der Waals surface area contributed by atoms with E-state index in [1.165, 1.54) is 11.3 Å². The van der Waals surface area contributed by atoms with Crippen LogP contribution in [0.15, 0.2) is 48.0 Å². The van der Waals surface area contributed by atoms with E-state index in [1.54, 1.807) is 6.08 Å². The second-order valence-electron chi connectivity index (χ2n) is 4.34. The molecule has 0 aliphatic carbocycles. The van der Waals surface area contributed by atoms with Gasteiger partial charge in [-0.25, -0.2) is 4.98 Å². The second-order valence-corrected chi connectivity index (χ2v) is 5.63. The molecule has 0 radical (unpaired) electrons. The van der Waals surface area contributed by atoms with Gasteiger partial charge in [0.25, 0.3) is 0 Å². The van der Waals surface area contributed by atoms with Crippen molar-refractivity contribution in [3.8, 4) is 17.3 Å². The lowest BCUT2D eigenvalue weighted by Crippen LogP contribution is -1.83. The highest BCUT2D eigenvalue weighted by molar-refractivity contribution is 7.11. The van der Waals surface area contributed by atoms with Crippen LogP contribution >= 0.6 is 22.9 Å². The van der Waals surface area contributed by atoms with E-state index in [2.05, 4.69) is 16.0 Å². The van der Waals surface area contributed by atoms with Crippen molar-refractivity contribution in [1.29, 1.82) is 5.26 Å². The number of hydrogen-bond acceptors (Lipinski definition) is 3. The van der Waals surface area contributed by atoms with E-state index in [9.17, 15) is 5.26 Å². The number of rotatable bonds is 3. The topological polar surface area (TPSA) is 52.5 Å². The molecule has 0 atom stereocenters. The van der Waals surface area contributed by atoms with Crippen molar-refractivity contribution < 1.29 is 0 Å². The molecule has 1 N–H and O–H groups in total. The van der Waals surface area contributed by atoms with Crippen LogP contribution in [0.5, 0.6) is 0 Å². The summed E-state index contributed by atoms with van der Waals surface area (Å²) in [6.45, 7) is 0. The average molecular weight is 312 g/mol. The van der Waals surface area contributed by atoms with Crippen LogP contribution in [0.2, 0.25) is 5.02 Å². The van der Waals surface area contributed by atoms with Crippen molar-refractivity contribution >= 4 is 34.6 Å². The summed E-state index contributed by atoms with van der Waals surface area (Å²) in [5.41, 5.74) is 3.26. The average Bonchev–Trinajstić information content (AvgIpc) is 3.17. The highest BCUT2D eigenvalue weighted by Crippen LogP contribution is 2.27. The van der Waals surface area contributed by atoms with Crippen molar-refractivity contribution in [2.75, 3.05) is 0 Å². The number of hydrogen-bond donors (Lipinski definition) is 1. The van der Waals surface area contributed by atoms with Crippen molar-refractivity contribution in [1.82, 2.24) is 9.97 Å². The van der Waals surface area contributed by atoms with Gasteiger partial charge in [0, 0.05) is 27.9 Å². The molecule has 0 saturated carbocycles. The maximum atomic E-state index is 9.31. The SMILES string of the molecule is N#C/C(=C\c1ccc[nH]1)c1nc(-c2ccc(Cl)cc2)cs1. The van der Waals surface area contributed by atoms with Crippen molar-refractivity contribution in [3.05, 3.63) is 63.7 Å². The number of allylic oxidation sites excluding steroid dienone is 1. The number of benzene rings is 1. The molecule has 2 aromatic heterocycles. The molecule has 0 fully saturated rings. The Labute approximate surface area is 131 Å². The molecule has 21 heavy (non-hydrogen) atoms. The van der Waals surface area contributed by atoms with Crippen LogP contribution in [0.3, 0.4) is 0 Å². The highest BCUT2D eigenvalue weighted by atomic mass is 35.5. The van der Waals surface area contributed by atoms with E-state index in [1.807, 2.05) is 48.0 Å². The first-order chi connectivity index (χ1) is 10.3. The van der Waals surface area contributed by atoms with E-state index in [-0.39, 0.29) is 0 Å². The quantitative estimate of drug-likeness (QED) is 0.702. The lowest BCUT2D eigenvalue weighted by molar-refractivity contribution is 1.36. The van der Waals surface area contributed by atoms with Crippen molar-refractivity contribution in [2.24, 2.45) is 0 Å². The van der Waals surface area contributed by atoms with Gasteiger partial charge in [-0.05, 0) is 30.3 Å². The number of thiazole rings is 1. The summed E-state index contributed by atoms with van der Waals surface area (Å²) in [5.74, 6) is 0. The van der Waals surface area contributed by atoms with Crippen molar-refractivity contribution in [3.63, 3.8) is 0 Å². The van der Waals surface area contributed by atoms with Gasteiger partial charge in [0.15, 0.2) is 0 Å². The number of H-pyrrole nitrogens is 1. The molecule has 0 amide bonds. The Hall–Kier alpha value is -2.35. The predicted molar refractivity (Wildman–Crippen MR) is 86.8 cm³/mol. The smallest absolute Gasteiger partial charge is 0.134 e. The fourth-order valence-corrected chi connectivity index (χ4v) is 2.80. The van der Waals surface area contributed by atoms with Gasteiger partial charge in [-0.3, -0.25) is 0 Å². The van der Waals surface area contributed by atoms with E-state index >= 15 is 0 Å². The van der Waals surface area contributed by atoms with E-state index < -0.39 is 0 Å². The molecule has 3 aromatic rings. The molecule has 0 saturated heterocycles. The molecule has 102 valence electrons. The lowest BCUT2D eigenvalue weighted by Gasteiger charge is -1.96. The first-order valence-corrected chi connectivity index (χ1v) is 7.49. The summed E-state index contributed by atoms with van der Waals surface area (Å²) in [5, 5.41) is 12.7. The van der Waals surface area contributed by atoms with Crippen LogP contribution in [0, 0.1) is 11.3 Å². The van der Waals surface area contributed by atoms with Crippen LogP contribution < -0.4 is 0 Å². The zero-order valence-corrected chi connectivity index (χ0v) is 12.4. The molecule has 0 unspecified atom stereocenters. The summed E-state index contributed by atoms with van der Waals surface area (Å²) < 4.78 is 0. The molecule has 3 nitrogen and oxygen atoms in total. The zero-order valence-electron chi connectivity index (χ0n) is 10.9. The minimum atomic E-state index is 0.544. The Balaban J connectivity index is 1.94. The maximum Gasteiger partial charge on any atom is 0.134 e. The molecule has 5 heteroatoms. The summed E-state index contributed by atoms with van der Waals surface area (Å²) in [4.78, 5) is 7.58. The van der Waals surface area contributed by atoms with Gasteiger partial charge < -0.3 is 4.98 Å². The fourth-order valence-electron chi connectivity index (χ4n) is 1.88. The summed E-state index contributed by atoms with van der Waals surface area (Å²) in [7, 11) is 0. The predicted octanol–water partition coefficient (Wildman–Crippen LogP) is 4.86. The van der Waals surface area contributed by atoms with Gasteiger partial charge in [0.05, 0.1) is 11.3 Å². The summed E-state index contributed by atoms with van der Waals surface area (Å²) in [6, 6.07) is 13.5. The molecule has 0 bridgehead atoms. The van der Waals surface area contributed by atoms with Gasteiger partial charge in [0.2, 0.25) is 0 Å². The van der Waals surface area contributed by atoms with Gasteiger partial charge in [0.1, 0.15) is 11.1 Å². The maximum absolute atomic E-state index is 9.31. The lowest BCUT2D eigenvalue weighted by atomic mass is 10.2. The summed E-state index contributed by atoms with van der Waals surface area (Å²) >= 11 is 7.34. The highest BCUT2D eigenvalue weighted by Gasteiger charge is 2.09. The molecular weight excluding hydrogens is 302 g/mol. The van der Waals surface area contributed by atoms with Gasteiger partial charge >= 0.3 is 0 Å². The summed E-state index contributed by atoms with van der Waals surface area (Å²) in [6.07, 6.45) is 3.62. The Morgan fingerprint density at radius 3 is 2.76 bits per heavy atom. The Bertz CT molecular complexity index is 808. The molecule has 0 spiro atoms. The number of halogens is 1. The van der Waals surface area contributed by atoms with E-state index in [0.29, 0.717) is 15.6 Å². The third kappa shape index (κ3) is 3.05.